The van der Waals surface area contributed by atoms with Crippen molar-refractivity contribution in [3.63, 3.8) is 0 Å². The number of fused-ring (bicyclic) bond motifs is 1. The number of methoxy groups -OCH3 is 1. The van der Waals surface area contributed by atoms with Gasteiger partial charge in [0.2, 0.25) is 5.91 Å². The first-order valence-electron chi connectivity index (χ1n) is 9.35. The second-order valence-electron chi connectivity index (χ2n) is 7.62. The van der Waals surface area contributed by atoms with Gasteiger partial charge < -0.3 is 4.74 Å². The Hall–Kier alpha value is -1.92. The summed E-state index contributed by atoms with van der Waals surface area (Å²) in [5, 5.41) is 1.45. The molecule has 26 heavy (non-hydrogen) atoms. The minimum absolute atomic E-state index is 0.121. The van der Waals surface area contributed by atoms with E-state index in [1.807, 2.05) is 0 Å². The second kappa shape index (κ2) is 6.67. The van der Waals surface area contributed by atoms with E-state index in [9.17, 15) is 9.59 Å². The molecule has 2 fully saturated rings. The van der Waals surface area contributed by atoms with Crippen molar-refractivity contribution in [3.8, 4) is 0 Å². The summed E-state index contributed by atoms with van der Waals surface area (Å²) in [6, 6.07) is 9.16. The molecule has 0 aromatic heterocycles. The Morgan fingerprint density at radius 1 is 1.08 bits per heavy atom. The van der Waals surface area contributed by atoms with E-state index in [0.29, 0.717) is 6.04 Å². The van der Waals surface area contributed by atoms with Gasteiger partial charge in [-0.1, -0.05) is 24.3 Å². The molecule has 3 aliphatic rings. The lowest BCUT2D eigenvalue weighted by atomic mass is 9.77. The molecule has 1 aromatic carbocycles. The summed E-state index contributed by atoms with van der Waals surface area (Å²) >= 11 is 0. The highest BCUT2D eigenvalue weighted by Crippen LogP contribution is 2.45. The Morgan fingerprint density at radius 2 is 1.69 bits per heavy atom. The molecule has 6 heteroatoms. The van der Waals surface area contributed by atoms with Crippen LogP contribution in [0.25, 0.3) is 0 Å². The van der Waals surface area contributed by atoms with Gasteiger partial charge in [0, 0.05) is 25.6 Å². The lowest BCUT2D eigenvalue weighted by Crippen LogP contribution is -2.58. The van der Waals surface area contributed by atoms with Crippen molar-refractivity contribution in [1.29, 1.82) is 0 Å². The van der Waals surface area contributed by atoms with Crippen LogP contribution in [0, 0.1) is 5.92 Å². The molecular formula is C20H26N2O4. The number of nitrogens with zero attached hydrogens (tertiary/aromatic N) is 2. The first kappa shape index (κ1) is 17.5. The lowest BCUT2D eigenvalue weighted by Gasteiger charge is -2.46. The van der Waals surface area contributed by atoms with Crippen LogP contribution in [0.4, 0.5) is 0 Å². The number of carbonyl (C=O) groups is 2. The maximum Gasteiger partial charge on any atom is 0.311 e. The van der Waals surface area contributed by atoms with Crippen LogP contribution in [0.5, 0.6) is 0 Å². The van der Waals surface area contributed by atoms with E-state index in [-0.39, 0.29) is 18.3 Å². The number of hydrogen-bond donors (Lipinski definition) is 0. The number of rotatable bonds is 3. The van der Waals surface area contributed by atoms with E-state index >= 15 is 0 Å². The van der Waals surface area contributed by atoms with Gasteiger partial charge in [-0.3, -0.25) is 19.3 Å². The number of hydroxylamine groups is 2. The minimum atomic E-state index is -0.569. The van der Waals surface area contributed by atoms with Crippen LogP contribution in [0.3, 0.4) is 0 Å². The van der Waals surface area contributed by atoms with Crippen LogP contribution in [-0.4, -0.2) is 60.7 Å². The molecule has 1 unspecified atom stereocenters. The van der Waals surface area contributed by atoms with Crippen molar-refractivity contribution in [2.24, 2.45) is 5.92 Å². The fourth-order valence-corrected chi connectivity index (χ4v) is 5.19. The third kappa shape index (κ3) is 2.63. The SMILES string of the molecule is COC(=O)C1CC(=O)N(OC)C12CCN(C1Cc3ccccc3C1)CC2. The Labute approximate surface area is 154 Å². The van der Waals surface area contributed by atoms with Crippen LogP contribution < -0.4 is 0 Å². The number of carbonyl (C=O) groups excluding carboxylic acids is 2. The third-order valence-corrected chi connectivity index (χ3v) is 6.54. The topological polar surface area (TPSA) is 59.1 Å². The van der Waals surface area contributed by atoms with Gasteiger partial charge in [0.15, 0.2) is 0 Å². The van der Waals surface area contributed by atoms with Gasteiger partial charge in [-0.15, -0.1) is 0 Å². The third-order valence-electron chi connectivity index (χ3n) is 6.54. The smallest absolute Gasteiger partial charge is 0.311 e. The highest BCUT2D eigenvalue weighted by Gasteiger charge is 2.58. The molecule has 4 rings (SSSR count). The molecule has 1 aliphatic carbocycles. The van der Waals surface area contributed by atoms with Crippen LogP contribution in [-0.2, 0) is 32.0 Å². The number of hydrogen-bond acceptors (Lipinski definition) is 5. The maximum atomic E-state index is 12.4. The van der Waals surface area contributed by atoms with E-state index in [0.717, 1.165) is 38.8 Å². The van der Waals surface area contributed by atoms with Gasteiger partial charge in [-0.2, -0.15) is 0 Å². The molecule has 2 saturated heterocycles. The number of amides is 1. The van der Waals surface area contributed by atoms with Crippen LogP contribution >= 0.6 is 0 Å². The predicted octanol–water partition coefficient (Wildman–Crippen LogP) is 1.57. The lowest BCUT2D eigenvalue weighted by molar-refractivity contribution is -0.210. The Kier molecular flexibility index (Phi) is 4.49. The van der Waals surface area contributed by atoms with E-state index in [1.165, 1.54) is 30.4 Å². The minimum Gasteiger partial charge on any atom is -0.469 e. The van der Waals surface area contributed by atoms with Crippen molar-refractivity contribution in [2.75, 3.05) is 27.3 Å². The van der Waals surface area contributed by atoms with E-state index in [1.54, 1.807) is 0 Å². The summed E-state index contributed by atoms with van der Waals surface area (Å²) in [6.45, 7) is 1.72. The summed E-state index contributed by atoms with van der Waals surface area (Å²) in [5.74, 6) is -0.868. The standard InChI is InChI=1S/C20H26N2O4/c1-25-19(24)17-13-18(23)22(26-2)20(17)7-9-21(10-8-20)16-11-14-5-3-4-6-15(14)12-16/h3-6,16-17H,7-13H2,1-2H3. The monoisotopic (exact) mass is 358 g/mol. The summed E-state index contributed by atoms with van der Waals surface area (Å²) in [4.78, 5) is 32.6. The van der Waals surface area contributed by atoms with Gasteiger partial charge in [0.1, 0.15) is 0 Å². The molecule has 1 spiro atoms. The number of ether oxygens (including phenoxy) is 1. The summed E-state index contributed by atoms with van der Waals surface area (Å²) in [5.41, 5.74) is 2.32. The predicted molar refractivity (Wildman–Crippen MR) is 95.2 cm³/mol. The second-order valence-corrected chi connectivity index (χ2v) is 7.62. The zero-order valence-corrected chi connectivity index (χ0v) is 15.4. The molecule has 1 amide bonds. The zero-order chi connectivity index (χ0) is 18.3. The molecule has 2 aliphatic heterocycles. The molecule has 0 saturated carbocycles. The van der Waals surface area contributed by atoms with Crippen molar-refractivity contribution < 1.29 is 19.2 Å². The number of likely N-dealkylation sites (tertiary alicyclic amines) is 1. The van der Waals surface area contributed by atoms with E-state index in [4.69, 9.17) is 9.57 Å². The fraction of sp³-hybridized carbons (Fsp3) is 0.600. The summed E-state index contributed by atoms with van der Waals surface area (Å²) in [6.07, 6.45) is 3.81. The summed E-state index contributed by atoms with van der Waals surface area (Å²) < 4.78 is 4.98. The normalized spacial score (nSPS) is 25.7. The molecule has 0 bridgehead atoms. The van der Waals surface area contributed by atoms with Gasteiger partial charge in [-0.25, -0.2) is 5.06 Å². The highest BCUT2D eigenvalue weighted by atomic mass is 16.7. The largest absolute Gasteiger partial charge is 0.469 e. The zero-order valence-electron chi connectivity index (χ0n) is 15.4. The Balaban J connectivity index is 1.49. The van der Waals surface area contributed by atoms with Gasteiger partial charge in [-0.05, 0) is 36.8 Å². The molecule has 1 atom stereocenters. The fourth-order valence-electron chi connectivity index (χ4n) is 5.19. The summed E-state index contributed by atoms with van der Waals surface area (Å²) in [7, 11) is 2.90. The molecule has 6 nitrogen and oxygen atoms in total. The van der Waals surface area contributed by atoms with E-state index < -0.39 is 11.5 Å². The van der Waals surface area contributed by atoms with Crippen molar-refractivity contribution in [1.82, 2.24) is 9.96 Å². The Bertz CT molecular complexity index is 685. The van der Waals surface area contributed by atoms with Crippen LogP contribution in [0.1, 0.15) is 30.4 Å². The number of benzene rings is 1. The molecule has 140 valence electrons. The Morgan fingerprint density at radius 3 is 2.23 bits per heavy atom. The number of piperidine rings is 1. The average molecular weight is 358 g/mol. The van der Waals surface area contributed by atoms with Crippen LogP contribution in [0.2, 0.25) is 0 Å². The molecule has 0 N–H and O–H groups in total. The molecular weight excluding hydrogens is 332 g/mol. The van der Waals surface area contributed by atoms with Crippen molar-refractivity contribution >= 4 is 11.9 Å². The average Bonchev–Trinajstić information content (AvgIpc) is 3.21. The van der Waals surface area contributed by atoms with Crippen molar-refractivity contribution in [3.05, 3.63) is 35.4 Å². The molecule has 2 heterocycles. The first-order chi connectivity index (χ1) is 12.6. The van der Waals surface area contributed by atoms with Gasteiger partial charge >= 0.3 is 5.97 Å². The number of esters is 1. The highest BCUT2D eigenvalue weighted by molar-refractivity contribution is 5.88. The van der Waals surface area contributed by atoms with Crippen LogP contribution in [0.15, 0.2) is 24.3 Å². The van der Waals surface area contributed by atoms with Crippen molar-refractivity contribution in [2.45, 2.75) is 43.7 Å². The van der Waals surface area contributed by atoms with E-state index in [2.05, 4.69) is 29.2 Å². The molecule has 0 radical (unpaired) electrons. The molecule has 1 aromatic rings. The first-order valence-corrected chi connectivity index (χ1v) is 9.35. The van der Waals surface area contributed by atoms with Gasteiger partial charge in [0.25, 0.3) is 0 Å². The van der Waals surface area contributed by atoms with Gasteiger partial charge in [0.05, 0.1) is 25.7 Å². The maximum absolute atomic E-state index is 12.4. The quantitative estimate of drug-likeness (QED) is 0.768.